The molecule has 1 aliphatic heterocycles. The number of carbonyl (C=O) groups excluding carboxylic acids is 1. The molecule has 0 spiro atoms. The number of halogens is 1. The summed E-state index contributed by atoms with van der Waals surface area (Å²) in [6.07, 6.45) is 2.42. The van der Waals surface area contributed by atoms with Crippen molar-refractivity contribution in [1.29, 1.82) is 0 Å². The molecule has 1 aliphatic rings. The highest BCUT2D eigenvalue weighted by molar-refractivity contribution is 6.30. The van der Waals surface area contributed by atoms with Crippen LogP contribution in [-0.4, -0.2) is 21.5 Å². The second-order valence-electron chi connectivity index (χ2n) is 9.35. The molecule has 0 fully saturated rings. The van der Waals surface area contributed by atoms with Gasteiger partial charge in [-0.25, -0.2) is 0 Å². The van der Waals surface area contributed by atoms with Crippen LogP contribution in [-0.2, 0) is 10.5 Å². The lowest BCUT2D eigenvalue weighted by Gasteiger charge is -2.47. The summed E-state index contributed by atoms with van der Waals surface area (Å²) in [5.74, 6) is -0.178. The molecule has 28 heavy (non-hydrogen) atoms. The summed E-state index contributed by atoms with van der Waals surface area (Å²) in [5.41, 5.74) is -0.172. The van der Waals surface area contributed by atoms with Gasteiger partial charge in [-0.05, 0) is 49.5 Å². The molecule has 2 aromatic carbocycles. The number of hydrogen-bond acceptors (Lipinski definition) is 2. The number of nitrogens with zero attached hydrogens (tertiary/aromatic N) is 1. The molecule has 2 aromatic rings. The number of rotatable bonds is 4. The van der Waals surface area contributed by atoms with E-state index in [2.05, 4.69) is 20.8 Å². The van der Waals surface area contributed by atoms with Gasteiger partial charge in [0.05, 0.1) is 0 Å². The van der Waals surface area contributed by atoms with Gasteiger partial charge in [0.15, 0.2) is 5.72 Å². The van der Waals surface area contributed by atoms with Crippen LogP contribution in [0.25, 0.3) is 5.57 Å². The van der Waals surface area contributed by atoms with E-state index in [4.69, 9.17) is 11.6 Å². The zero-order valence-corrected chi connectivity index (χ0v) is 17.9. The molecule has 1 atom stereocenters. The SMILES string of the molecule is CC(C)(C)CC(C)(C)N1C(=O)C(c2ccc(Cl)cc2)=CC1(O)c1ccccc1. The molecule has 3 rings (SSSR count). The molecule has 0 saturated carbocycles. The smallest absolute Gasteiger partial charge is 0.257 e. The zero-order chi connectivity index (χ0) is 20.7. The van der Waals surface area contributed by atoms with E-state index < -0.39 is 11.3 Å². The average Bonchev–Trinajstić information content (AvgIpc) is 2.87. The van der Waals surface area contributed by atoms with Crippen LogP contribution in [0.5, 0.6) is 0 Å². The highest BCUT2D eigenvalue weighted by atomic mass is 35.5. The topological polar surface area (TPSA) is 40.5 Å². The van der Waals surface area contributed by atoms with Crippen molar-refractivity contribution in [3.63, 3.8) is 0 Å². The van der Waals surface area contributed by atoms with Crippen LogP contribution >= 0.6 is 11.6 Å². The minimum atomic E-state index is -1.51. The predicted molar refractivity (Wildman–Crippen MR) is 115 cm³/mol. The Hall–Kier alpha value is -2.10. The Morgan fingerprint density at radius 1 is 0.964 bits per heavy atom. The van der Waals surface area contributed by atoms with E-state index in [0.29, 0.717) is 16.2 Å². The summed E-state index contributed by atoms with van der Waals surface area (Å²) in [7, 11) is 0. The zero-order valence-electron chi connectivity index (χ0n) is 17.2. The highest BCUT2D eigenvalue weighted by Gasteiger charge is 2.52. The fraction of sp³-hybridized carbons (Fsp3) is 0.375. The van der Waals surface area contributed by atoms with Crippen LogP contribution in [0.2, 0.25) is 5.02 Å². The first-order chi connectivity index (χ1) is 12.9. The molecular weight excluding hydrogens is 370 g/mol. The molecular formula is C24H28ClNO2. The summed E-state index contributed by atoms with van der Waals surface area (Å²) in [6.45, 7) is 10.5. The van der Waals surface area contributed by atoms with Crippen molar-refractivity contribution in [3.8, 4) is 0 Å². The van der Waals surface area contributed by atoms with Gasteiger partial charge in [0.2, 0.25) is 0 Å². The Bertz CT molecular complexity index is 894. The molecule has 0 bridgehead atoms. The quantitative estimate of drug-likeness (QED) is 0.726. The first-order valence-corrected chi connectivity index (χ1v) is 9.93. The number of aliphatic hydroxyl groups is 1. The maximum atomic E-state index is 13.6. The molecule has 0 aliphatic carbocycles. The van der Waals surface area contributed by atoms with Crippen LogP contribution < -0.4 is 0 Å². The van der Waals surface area contributed by atoms with E-state index in [1.807, 2.05) is 56.3 Å². The third kappa shape index (κ3) is 3.87. The van der Waals surface area contributed by atoms with Crippen molar-refractivity contribution in [1.82, 2.24) is 4.90 Å². The molecule has 148 valence electrons. The van der Waals surface area contributed by atoms with Gasteiger partial charge in [0, 0.05) is 21.7 Å². The van der Waals surface area contributed by atoms with Crippen LogP contribution in [0.3, 0.4) is 0 Å². The standard InChI is InChI=1S/C24H28ClNO2/c1-22(2,3)16-23(4,5)26-21(27)20(17-11-13-19(25)14-12-17)15-24(26,28)18-9-7-6-8-10-18/h6-15,28H,16H2,1-5H3. The molecule has 0 radical (unpaired) electrons. The maximum absolute atomic E-state index is 13.6. The minimum Gasteiger partial charge on any atom is -0.363 e. The normalized spacial score (nSPS) is 20.5. The van der Waals surface area contributed by atoms with Crippen molar-refractivity contribution in [2.24, 2.45) is 5.41 Å². The van der Waals surface area contributed by atoms with Crippen LogP contribution in [0.15, 0.2) is 60.7 Å². The lowest BCUT2D eigenvalue weighted by molar-refractivity contribution is -0.159. The second kappa shape index (κ2) is 7.06. The molecule has 1 unspecified atom stereocenters. The van der Waals surface area contributed by atoms with E-state index in [9.17, 15) is 9.90 Å². The predicted octanol–water partition coefficient (Wildman–Crippen LogP) is 5.63. The summed E-state index contributed by atoms with van der Waals surface area (Å²) in [4.78, 5) is 15.2. The van der Waals surface area contributed by atoms with E-state index in [-0.39, 0.29) is 11.3 Å². The lowest BCUT2D eigenvalue weighted by atomic mass is 9.79. The van der Waals surface area contributed by atoms with Gasteiger partial charge in [-0.3, -0.25) is 9.69 Å². The van der Waals surface area contributed by atoms with Gasteiger partial charge in [0.1, 0.15) is 0 Å². The first kappa shape index (κ1) is 20.6. The molecule has 3 nitrogen and oxygen atoms in total. The Morgan fingerprint density at radius 3 is 2.07 bits per heavy atom. The largest absolute Gasteiger partial charge is 0.363 e. The number of hydrogen-bond donors (Lipinski definition) is 1. The van der Waals surface area contributed by atoms with Crippen molar-refractivity contribution in [3.05, 3.63) is 76.8 Å². The van der Waals surface area contributed by atoms with Gasteiger partial charge in [-0.15, -0.1) is 0 Å². The minimum absolute atomic E-state index is 0.00952. The molecule has 0 saturated heterocycles. The van der Waals surface area contributed by atoms with E-state index in [0.717, 1.165) is 12.0 Å². The number of carbonyl (C=O) groups is 1. The van der Waals surface area contributed by atoms with E-state index in [1.165, 1.54) is 0 Å². The summed E-state index contributed by atoms with van der Waals surface area (Å²) < 4.78 is 0. The Morgan fingerprint density at radius 2 is 1.54 bits per heavy atom. The van der Waals surface area contributed by atoms with Gasteiger partial charge in [-0.2, -0.15) is 0 Å². The molecule has 0 aromatic heterocycles. The summed E-state index contributed by atoms with van der Waals surface area (Å²) in [5, 5.41) is 12.4. The Kier molecular flexibility index (Phi) is 5.20. The lowest BCUT2D eigenvalue weighted by Crippen LogP contribution is -2.56. The Labute approximate surface area is 172 Å². The summed E-state index contributed by atoms with van der Waals surface area (Å²) >= 11 is 6.02. The van der Waals surface area contributed by atoms with E-state index >= 15 is 0 Å². The third-order valence-corrected chi connectivity index (χ3v) is 5.29. The second-order valence-corrected chi connectivity index (χ2v) is 9.78. The monoisotopic (exact) mass is 397 g/mol. The van der Waals surface area contributed by atoms with Crippen LogP contribution in [0.4, 0.5) is 0 Å². The van der Waals surface area contributed by atoms with Crippen LogP contribution in [0.1, 0.15) is 52.2 Å². The Balaban J connectivity index is 2.15. The summed E-state index contributed by atoms with van der Waals surface area (Å²) in [6, 6.07) is 16.5. The average molecular weight is 398 g/mol. The fourth-order valence-electron chi connectivity index (χ4n) is 4.45. The molecule has 1 N–H and O–H groups in total. The van der Waals surface area contributed by atoms with Gasteiger partial charge < -0.3 is 5.11 Å². The van der Waals surface area contributed by atoms with Crippen molar-refractivity contribution in [2.75, 3.05) is 0 Å². The maximum Gasteiger partial charge on any atom is 0.257 e. The van der Waals surface area contributed by atoms with Gasteiger partial charge in [-0.1, -0.05) is 74.8 Å². The molecule has 1 heterocycles. The van der Waals surface area contributed by atoms with Crippen molar-refractivity contribution >= 4 is 23.1 Å². The number of amides is 1. The fourth-order valence-corrected chi connectivity index (χ4v) is 4.57. The van der Waals surface area contributed by atoms with Gasteiger partial charge in [0.25, 0.3) is 5.91 Å². The highest BCUT2D eigenvalue weighted by Crippen LogP contribution is 2.46. The van der Waals surface area contributed by atoms with E-state index in [1.54, 1.807) is 23.1 Å². The first-order valence-electron chi connectivity index (χ1n) is 9.55. The molecule has 4 heteroatoms. The van der Waals surface area contributed by atoms with Crippen molar-refractivity contribution < 1.29 is 9.90 Å². The van der Waals surface area contributed by atoms with Crippen LogP contribution in [0, 0.1) is 5.41 Å². The number of benzene rings is 2. The van der Waals surface area contributed by atoms with Gasteiger partial charge >= 0.3 is 0 Å². The van der Waals surface area contributed by atoms with Crippen molar-refractivity contribution in [2.45, 2.75) is 52.3 Å². The third-order valence-electron chi connectivity index (χ3n) is 5.04. The molecule has 1 amide bonds.